The molecule has 0 radical (unpaired) electrons. The van der Waals surface area contributed by atoms with Crippen LogP contribution in [0, 0.1) is 0 Å². The van der Waals surface area contributed by atoms with E-state index < -0.39 is 0 Å². The van der Waals surface area contributed by atoms with Crippen LogP contribution in [0.2, 0.25) is 0 Å². The highest BCUT2D eigenvalue weighted by atomic mass is 16.7. The number of hydrogen-bond donors (Lipinski definition) is 1. The second kappa shape index (κ2) is 2.37. The summed E-state index contributed by atoms with van der Waals surface area (Å²) < 4.78 is 0. The van der Waals surface area contributed by atoms with Crippen LogP contribution in [-0.4, -0.2) is 27.5 Å². The monoisotopic (exact) mass is 153 g/mol. The molecule has 2 rings (SSSR count). The lowest BCUT2D eigenvalue weighted by Gasteiger charge is -2.00. The van der Waals surface area contributed by atoms with E-state index in [-0.39, 0.29) is 5.90 Å². The van der Waals surface area contributed by atoms with Gasteiger partial charge in [0.25, 0.3) is 0 Å². The molecule has 11 heavy (non-hydrogen) atoms. The minimum atomic E-state index is 0.157. The molecule has 0 saturated carbocycles. The molecule has 0 fully saturated rings. The first-order valence-electron chi connectivity index (χ1n) is 2.75. The van der Waals surface area contributed by atoms with Crippen LogP contribution in [0.5, 0.6) is 0 Å². The first-order chi connectivity index (χ1) is 5.47. The van der Waals surface area contributed by atoms with Crippen molar-refractivity contribution in [2.24, 2.45) is 10.3 Å². The summed E-state index contributed by atoms with van der Waals surface area (Å²) in [7, 11) is 0. The summed E-state index contributed by atoms with van der Waals surface area (Å²) in [4.78, 5) is 12.9. The summed E-state index contributed by atoms with van der Waals surface area (Å²) in [6.45, 7) is 0. The third-order valence-electron chi connectivity index (χ3n) is 0.983. The van der Waals surface area contributed by atoms with Crippen LogP contribution in [0.4, 0.5) is 0 Å². The van der Waals surface area contributed by atoms with Crippen molar-refractivity contribution in [2.75, 3.05) is 0 Å². The van der Waals surface area contributed by atoms with Crippen LogP contribution < -0.4 is 0 Å². The van der Waals surface area contributed by atoms with Gasteiger partial charge in [-0.15, -0.1) is 0 Å². The predicted octanol–water partition coefficient (Wildman–Crippen LogP) is -0.544. The first kappa shape index (κ1) is 5.83. The van der Waals surface area contributed by atoms with Gasteiger partial charge in [-0.25, -0.2) is 4.98 Å². The Morgan fingerprint density at radius 2 is 2.45 bits per heavy atom. The number of aromatic amines is 1. The van der Waals surface area contributed by atoms with Crippen molar-refractivity contribution in [3.63, 3.8) is 0 Å². The quantitative estimate of drug-likeness (QED) is 0.586. The number of hydrogen-bond acceptors (Lipinski definition) is 6. The minimum Gasteiger partial charge on any atom is -0.337 e. The first-order valence-corrected chi connectivity index (χ1v) is 2.75. The summed E-state index contributed by atoms with van der Waals surface area (Å²) in [6.07, 6.45) is 2.40. The molecule has 0 aromatic carbocycles. The molecule has 7 nitrogen and oxygen atoms in total. The maximum absolute atomic E-state index is 4.68. The Kier molecular flexibility index (Phi) is 1.26. The Morgan fingerprint density at radius 1 is 1.45 bits per heavy atom. The lowest BCUT2D eigenvalue weighted by molar-refractivity contribution is 0.229. The molecule has 0 amide bonds. The Bertz CT molecular complexity index is 289. The van der Waals surface area contributed by atoms with E-state index in [2.05, 4.69) is 35.2 Å². The number of rotatable bonds is 1. The molecule has 0 aliphatic carbocycles. The number of H-pyrrole nitrogens is 1. The van der Waals surface area contributed by atoms with E-state index in [1.165, 1.54) is 6.33 Å². The Labute approximate surface area is 60.7 Å². The fourth-order valence-corrected chi connectivity index (χ4v) is 0.574. The average Bonchev–Trinajstić information content (AvgIpc) is 2.58. The molecule has 1 N–H and O–H groups in total. The van der Waals surface area contributed by atoms with Crippen LogP contribution in [0.1, 0.15) is 5.82 Å². The lowest BCUT2D eigenvalue weighted by atomic mass is 10.6. The standard InChI is InChI=1S/C4H3N5O2/c1-5-3(8-6-1)4-9-10-2-7-11-4/h1-2H,(H,5,6,8). The van der Waals surface area contributed by atoms with Crippen molar-refractivity contribution in [1.82, 2.24) is 15.2 Å². The zero-order valence-corrected chi connectivity index (χ0v) is 5.26. The maximum Gasteiger partial charge on any atom is 0.328 e. The Morgan fingerprint density at radius 3 is 3.09 bits per heavy atom. The highest BCUT2D eigenvalue weighted by Gasteiger charge is 2.11. The molecule has 0 unspecified atom stereocenters. The Hall–Kier alpha value is -1.92. The van der Waals surface area contributed by atoms with Gasteiger partial charge < -0.3 is 9.68 Å². The second-order valence-corrected chi connectivity index (χ2v) is 1.64. The van der Waals surface area contributed by atoms with E-state index in [9.17, 15) is 0 Å². The summed E-state index contributed by atoms with van der Waals surface area (Å²) in [5.41, 5.74) is 0. The third kappa shape index (κ3) is 1.02. The van der Waals surface area contributed by atoms with Gasteiger partial charge >= 0.3 is 5.90 Å². The van der Waals surface area contributed by atoms with Crippen molar-refractivity contribution < 1.29 is 9.68 Å². The largest absolute Gasteiger partial charge is 0.337 e. The van der Waals surface area contributed by atoms with Gasteiger partial charge in [-0.05, 0) is 10.3 Å². The van der Waals surface area contributed by atoms with Crippen LogP contribution in [0.25, 0.3) is 0 Å². The number of oxime groups is 2. The molecule has 1 aliphatic heterocycles. The number of aromatic nitrogens is 3. The van der Waals surface area contributed by atoms with Crippen molar-refractivity contribution in [1.29, 1.82) is 0 Å². The van der Waals surface area contributed by atoms with Gasteiger partial charge in [0.05, 0.1) is 0 Å². The van der Waals surface area contributed by atoms with Crippen molar-refractivity contribution in [3.8, 4) is 0 Å². The summed E-state index contributed by atoms with van der Waals surface area (Å²) >= 11 is 0. The van der Waals surface area contributed by atoms with Crippen molar-refractivity contribution >= 4 is 12.3 Å². The topological polar surface area (TPSA) is 84.8 Å². The predicted molar refractivity (Wildman–Crippen MR) is 33.6 cm³/mol. The van der Waals surface area contributed by atoms with Crippen molar-refractivity contribution in [2.45, 2.75) is 0 Å². The molecule has 7 heteroatoms. The fraction of sp³-hybridized carbons (Fsp3) is 0. The van der Waals surface area contributed by atoms with E-state index >= 15 is 0 Å². The van der Waals surface area contributed by atoms with Crippen LogP contribution >= 0.6 is 0 Å². The summed E-state index contributed by atoms with van der Waals surface area (Å²) in [5.74, 6) is 0.534. The van der Waals surface area contributed by atoms with Gasteiger partial charge in [-0.1, -0.05) is 0 Å². The average molecular weight is 153 g/mol. The molecule has 1 aromatic heterocycles. The van der Waals surface area contributed by atoms with Crippen molar-refractivity contribution in [3.05, 3.63) is 12.2 Å². The van der Waals surface area contributed by atoms with Gasteiger partial charge in [-0.3, -0.25) is 5.10 Å². The van der Waals surface area contributed by atoms with E-state index in [4.69, 9.17) is 0 Å². The smallest absolute Gasteiger partial charge is 0.328 e. The highest BCUT2D eigenvalue weighted by molar-refractivity contribution is 5.90. The molecule has 0 atom stereocenters. The van der Waals surface area contributed by atoms with Gasteiger partial charge in [0.15, 0.2) is 0 Å². The van der Waals surface area contributed by atoms with E-state index in [1.54, 1.807) is 0 Å². The zero-order chi connectivity index (χ0) is 7.52. The van der Waals surface area contributed by atoms with Gasteiger partial charge in [0.2, 0.25) is 12.2 Å². The highest BCUT2D eigenvalue weighted by Crippen LogP contribution is 1.97. The third-order valence-corrected chi connectivity index (χ3v) is 0.983. The second-order valence-electron chi connectivity index (χ2n) is 1.64. The van der Waals surface area contributed by atoms with Crippen LogP contribution in [-0.2, 0) is 9.68 Å². The Balaban J connectivity index is 2.24. The normalized spacial score (nSPS) is 15.1. The van der Waals surface area contributed by atoms with Crippen LogP contribution in [0.15, 0.2) is 16.6 Å². The number of nitrogens with one attached hydrogen (secondary N) is 1. The lowest BCUT2D eigenvalue weighted by Crippen LogP contribution is -2.09. The van der Waals surface area contributed by atoms with Gasteiger partial charge in [0, 0.05) is 0 Å². The molecular formula is C4H3N5O2. The maximum atomic E-state index is 4.68. The molecule has 56 valence electrons. The van der Waals surface area contributed by atoms with E-state index in [0.717, 1.165) is 6.40 Å². The molecule has 0 saturated heterocycles. The van der Waals surface area contributed by atoms with Gasteiger partial charge in [-0.2, -0.15) is 5.10 Å². The molecule has 2 heterocycles. The molecule has 1 aliphatic rings. The fourth-order valence-electron chi connectivity index (χ4n) is 0.574. The molecule has 1 aromatic rings. The summed E-state index contributed by atoms with van der Waals surface area (Å²) in [6, 6.07) is 0. The molecular weight excluding hydrogens is 150 g/mol. The van der Waals surface area contributed by atoms with E-state index in [1.807, 2.05) is 0 Å². The summed E-state index contributed by atoms with van der Waals surface area (Å²) in [5, 5.41) is 13.0. The minimum absolute atomic E-state index is 0.157. The molecule has 0 bridgehead atoms. The number of nitrogens with zero attached hydrogens (tertiary/aromatic N) is 4. The zero-order valence-electron chi connectivity index (χ0n) is 5.26. The molecule has 0 spiro atoms. The van der Waals surface area contributed by atoms with Gasteiger partial charge in [0.1, 0.15) is 6.33 Å². The van der Waals surface area contributed by atoms with E-state index in [0.29, 0.717) is 5.82 Å². The SMILES string of the molecule is C1=NOC(c2ncn[nH]2)=NO1. The van der Waals surface area contributed by atoms with Crippen LogP contribution in [0.3, 0.4) is 0 Å².